The van der Waals surface area contributed by atoms with Crippen molar-refractivity contribution >= 4 is 37.5 Å². The Labute approximate surface area is 153 Å². The van der Waals surface area contributed by atoms with Gasteiger partial charge in [0, 0.05) is 0 Å². The van der Waals surface area contributed by atoms with Crippen molar-refractivity contribution in [1.29, 1.82) is 10.5 Å². The molecule has 1 heterocycles. The van der Waals surface area contributed by atoms with Crippen LogP contribution in [0.5, 0.6) is 0 Å². The van der Waals surface area contributed by atoms with E-state index in [9.17, 15) is 0 Å². The Morgan fingerprint density at radius 1 is 0.720 bits per heavy atom. The van der Waals surface area contributed by atoms with Crippen molar-refractivity contribution < 1.29 is 0 Å². The maximum absolute atomic E-state index is 8.45. The van der Waals surface area contributed by atoms with E-state index in [1.54, 1.807) is 12.1 Å². The lowest BCUT2D eigenvalue weighted by atomic mass is 10.0. The van der Waals surface area contributed by atoms with Crippen LogP contribution >= 0.6 is 15.9 Å². The monoisotopic (exact) mass is 386 g/mol. The third-order valence-corrected chi connectivity index (χ3v) is 3.99. The molecule has 0 saturated carbocycles. The first-order valence-corrected chi connectivity index (χ1v) is 8.21. The van der Waals surface area contributed by atoms with Gasteiger partial charge < -0.3 is 0 Å². The van der Waals surface area contributed by atoms with Crippen molar-refractivity contribution in [3.8, 4) is 12.1 Å². The molecule has 0 unspecified atom stereocenters. The highest BCUT2D eigenvalue weighted by molar-refractivity contribution is 9.10. The second kappa shape index (κ2) is 7.53. The SMILES string of the molecule is N#Cc1ncc(Br)nc1C#N.c1ccc2c(c1)ccc1ccccc12. The van der Waals surface area contributed by atoms with E-state index >= 15 is 0 Å². The number of nitrogens with zero attached hydrogens (tertiary/aromatic N) is 4. The fourth-order valence-electron chi connectivity index (χ4n) is 2.48. The highest BCUT2D eigenvalue weighted by Crippen LogP contribution is 2.24. The Morgan fingerprint density at radius 2 is 1.24 bits per heavy atom. The standard InChI is InChI=1S/C14H10.C6HBrN4/c1-3-7-13-11(5-1)9-10-12-6-2-4-8-14(12)13;7-6-3-10-4(1-8)5(2-9)11-6/h1-10H;3H. The molecule has 0 N–H and O–H groups in total. The summed E-state index contributed by atoms with van der Waals surface area (Å²) < 4.78 is 0.452. The quantitative estimate of drug-likeness (QED) is 0.399. The molecule has 0 bridgehead atoms. The molecule has 0 aliphatic carbocycles. The highest BCUT2D eigenvalue weighted by atomic mass is 79.9. The molecule has 4 aromatic rings. The van der Waals surface area contributed by atoms with E-state index in [4.69, 9.17) is 10.5 Å². The molecule has 25 heavy (non-hydrogen) atoms. The Morgan fingerprint density at radius 3 is 1.76 bits per heavy atom. The van der Waals surface area contributed by atoms with Gasteiger partial charge in [0.1, 0.15) is 16.7 Å². The van der Waals surface area contributed by atoms with E-state index in [-0.39, 0.29) is 11.4 Å². The predicted octanol–water partition coefficient (Wildman–Crippen LogP) is 4.98. The third-order valence-electron chi connectivity index (χ3n) is 3.61. The van der Waals surface area contributed by atoms with Gasteiger partial charge in [-0.25, -0.2) is 9.97 Å². The van der Waals surface area contributed by atoms with E-state index in [1.165, 1.54) is 27.7 Å². The van der Waals surface area contributed by atoms with Gasteiger partial charge in [-0.2, -0.15) is 10.5 Å². The van der Waals surface area contributed by atoms with Crippen LogP contribution in [0.2, 0.25) is 0 Å². The molecule has 0 saturated heterocycles. The van der Waals surface area contributed by atoms with Crippen LogP contribution in [-0.4, -0.2) is 9.97 Å². The minimum absolute atomic E-state index is 0.0434. The van der Waals surface area contributed by atoms with Crippen LogP contribution in [0.15, 0.2) is 71.5 Å². The number of halogens is 1. The van der Waals surface area contributed by atoms with Crippen molar-refractivity contribution in [3.63, 3.8) is 0 Å². The van der Waals surface area contributed by atoms with Crippen LogP contribution < -0.4 is 0 Å². The van der Waals surface area contributed by atoms with Gasteiger partial charge in [-0.3, -0.25) is 0 Å². The number of hydrogen-bond donors (Lipinski definition) is 0. The molecule has 0 spiro atoms. The maximum atomic E-state index is 8.45. The fourth-order valence-corrected chi connectivity index (χ4v) is 2.76. The second-order valence-electron chi connectivity index (χ2n) is 5.12. The summed E-state index contributed by atoms with van der Waals surface area (Å²) in [6.45, 7) is 0. The predicted molar refractivity (Wildman–Crippen MR) is 101 cm³/mol. The van der Waals surface area contributed by atoms with Crippen LogP contribution in [0.25, 0.3) is 21.5 Å². The summed E-state index contributed by atoms with van der Waals surface area (Å²) in [7, 11) is 0. The summed E-state index contributed by atoms with van der Waals surface area (Å²) in [5, 5.41) is 22.2. The minimum Gasteiger partial charge on any atom is -0.240 e. The zero-order valence-electron chi connectivity index (χ0n) is 13.0. The van der Waals surface area contributed by atoms with Crippen LogP contribution in [0.1, 0.15) is 11.4 Å². The largest absolute Gasteiger partial charge is 0.240 e. The topological polar surface area (TPSA) is 73.4 Å². The van der Waals surface area contributed by atoms with Crippen LogP contribution in [0.3, 0.4) is 0 Å². The van der Waals surface area contributed by atoms with E-state index in [0.717, 1.165) is 0 Å². The lowest BCUT2D eigenvalue weighted by Crippen LogP contribution is -1.92. The first-order chi connectivity index (χ1) is 12.2. The Bertz CT molecular complexity index is 1080. The molecule has 0 fully saturated rings. The first kappa shape index (κ1) is 16.6. The van der Waals surface area contributed by atoms with Crippen molar-refractivity contribution in [2.24, 2.45) is 0 Å². The molecule has 0 atom stereocenters. The van der Waals surface area contributed by atoms with Gasteiger partial charge in [0.25, 0.3) is 0 Å². The smallest absolute Gasteiger partial charge is 0.178 e. The highest BCUT2D eigenvalue weighted by Gasteiger charge is 2.03. The molecule has 0 amide bonds. The summed E-state index contributed by atoms with van der Waals surface area (Å²) in [6.07, 6.45) is 1.37. The summed E-state index contributed by atoms with van der Waals surface area (Å²) in [6, 6.07) is 24.9. The molecule has 0 radical (unpaired) electrons. The summed E-state index contributed by atoms with van der Waals surface area (Å²) in [4.78, 5) is 7.41. The number of benzene rings is 3. The van der Waals surface area contributed by atoms with E-state index in [0.29, 0.717) is 4.60 Å². The first-order valence-electron chi connectivity index (χ1n) is 7.42. The molecule has 5 heteroatoms. The van der Waals surface area contributed by atoms with Crippen LogP contribution in [0, 0.1) is 22.7 Å². The molecule has 0 aliphatic rings. The Kier molecular flexibility index (Phi) is 4.99. The maximum Gasteiger partial charge on any atom is 0.178 e. The number of hydrogen-bond acceptors (Lipinski definition) is 4. The van der Waals surface area contributed by atoms with Crippen LogP contribution in [-0.2, 0) is 0 Å². The van der Waals surface area contributed by atoms with E-state index < -0.39 is 0 Å². The van der Waals surface area contributed by atoms with Crippen molar-refractivity contribution in [3.05, 3.63) is 82.9 Å². The number of aromatic nitrogens is 2. The Balaban J connectivity index is 0.000000151. The molecule has 1 aromatic heterocycles. The third kappa shape index (κ3) is 3.63. The van der Waals surface area contributed by atoms with Gasteiger partial charge >= 0.3 is 0 Å². The number of nitriles is 2. The molecule has 0 aliphatic heterocycles. The van der Waals surface area contributed by atoms with E-state index in [2.05, 4.69) is 86.6 Å². The van der Waals surface area contributed by atoms with Gasteiger partial charge in [0.2, 0.25) is 0 Å². The van der Waals surface area contributed by atoms with Gasteiger partial charge in [-0.05, 0) is 37.5 Å². The fraction of sp³-hybridized carbons (Fsp3) is 0. The average Bonchev–Trinajstić information content (AvgIpc) is 2.68. The van der Waals surface area contributed by atoms with Crippen molar-refractivity contribution in [2.75, 3.05) is 0 Å². The number of fused-ring (bicyclic) bond motifs is 3. The van der Waals surface area contributed by atoms with Crippen LogP contribution in [0.4, 0.5) is 0 Å². The average molecular weight is 387 g/mol. The summed E-state index contributed by atoms with van der Waals surface area (Å²) in [5.74, 6) is 0. The summed E-state index contributed by atoms with van der Waals surface area (Å²) >= 11 is 3.03. The Hall–Kier alpha value is -3.28. The van der Waals surface area contributed by atoms with Crippen molar-refractivity contribution in [2.45, 2.75) is 0 Å². The lowest BCUT2D eigenvalue weighted by Gasteiger charge is -2.02. The molecule has 4 nitrogen and oxygen atoms in total. The lowest BCUT2D eigenvalue weighted by molar-refractivity contribution is 1.10. The normalized spacial score (nSPS) is 9.72. The van der Waals surface area contributed by atoms with E-state index in [1.807, 2.05) is 0 Å². The second-order valence-corrected chi connectivity index (χ2v) is 5.93. The molecule has 4 rings (SSSR count). The molecular weight excluding hydrogens is 376 g/mol. The number of rotatable bonds is 0. The van der Waals surface area contributed by atoms with Gasteiger partial charge in [0.05, 0.1) is 6.20 Å². The van der Waals surface area contributed by atoms with Gasteiger partial charge in [-0.1, -0.05) is 60.7 Å². The molecular formula is C20H11BrN4. The molecule has 3 aromatic carbocycles. The summed E-state index contributed by atoms with van der Waals surface area (Å²) in [5.41, 5.74) is 0.0950. The van der Waals surface area contributed by atoms with Gasteiger partial charge in [0.15, 0.2) is 11.4 Å². The zero-order chi connectivity index (χ0) is 17.6. The van der Waals surface area contributed by atoms with Crippen molar-refractivity contribution in [1.82, 2.24) is 9.97 Å². The minimum atomic E-state index is 0.0434. The van der Waals surface area contributed by atoms with Gasteiger partial charge in [-0.15, -0.1) is 0 Å². The molecule has 118 valence electrons. The zero-order valence-corrected chi connectivity index (χ0v) is 14.6.